The van der Waals surface area contributed by atoms with E-state index in [1.165, 1.54) is 0 Å². The van der Waals surface area contributed by atoms with Gasteiger partial charge in [0, 0.05) is 25.5 Å². The molecule has 0 aliphatic carbocycles. The van der Waals surface area contributed by atoms with Crippen LogP contribution in [0.25, 0.3) is 10.2 Å². The molecule has 3 heterocycles. The van der Waals surface area contributed by atoms with Gasteiger partial charge in [-0.1, -0.05) is 13.8 Å². The molecule has 26 heavy (non-hydrogen) atoms. The lowest BCUT2D eigenvalue weighted by molar-refractivity contribution is -0.227. The van der Waals surface area contributed by atoms with E-state index in [9.17, 15) is 22.8 Å². The monoisotopic (exact) mass is 389 g/mol. The van der Waals surface area contributed by atoms with E-state index < -0.39 is 36.4 Å². The Hall–Kier alpha value is -2.10. The molecule has 0 bridgehead atoms. The van der Waals surface area contributed by atoms with Gasteiger partial charge in [0.1, 0.15) is 4.83 Å². The van der Waals surface area contributed by atoms with E-state index in [1.54, 1.807) is 17.8 Å². The molecule has 2 aromatic rings. The van der Waals surface area contributed by atoms with Crippen molar-refractivity contribution in [2.75, 3.05) is 13.1 Å². The van der Waals surface area contributed by atoms with Crippen LogP contribution in [0, 0.1) is 5.41 Å². The lowest BCUT2D eigenvalue weighted by Gasteiger charge is -2.27. The first-order valence-electron chi connectivity index (χ1n) is 8.04. The number of hydrogen-bond donors (Lipinski definition) is 1. The predicted octanol–water partition coefficient (Wildman–Crippen LogP) is 3.24. The van der Waals surface area contributed by atoms with Crippen molar-refractivity contribution in [3.05, 3.63) is 16.6 Å². The molecule has 1 unspecified atom stereocenters. The Balaban J connectivity index is 1.92. The molecule has 1 aliphatic heterocycles. The second-order valence-corrected chi connectivity index (χ2v) is 7.89. The van der Waals surface area contributed by atoms with E-state index in [0.29, 0.717) is 4.88 Å². The number of halogens is 3. The number of thiophene rings is 1. The summed E-state index contributed by atoms with van der Waals surface area (Å²) in [6.45, 7) is 2.82. The van der Waals surface area contributed by atoms with Gasteiger partial charge in [0.15, 0.2) is 5.41 Å². The molecule has 142 valence electrons. The van der Waals surface area contributed by atoms with Gasteiger partial charge in [-0.15, -0.1) is 11.3 Å². The summed E-state index contributed by atoms with van der Waals surface area (Å²) in [5, 5.41) is 14.3. The van der Waals surface area contributed by atoms with Crippen molar-refractivity contribution < 1.29 is 27.9 Å². The van der Waals surface area contributed by atoms with Gasteiger partial charge in [-0.05, 0) is 18.4 Å². The largest absolute Gasteiger partial charge is 0.481 e. The Bertz CT molecular complexity index is 887. The predicted molar refractivity (Wildman–Crippen MR) is 89.3 cm³/mol. The molecule has 1 fully saturated rings. The first-order chi connectivity index (χ1) is 12.0. The third-order valence-electron chi connectivity index (χ3n) is 4.81. The van der Waals surface area contributed by atoms with Crippen molar-refractivity contribution in [1.29, 1.82) is 0 Å². The van der Waals surface area contributed by atoms with Crippen LogP contribution in [0.5, 0.6) is 0 Å². The minimum absolute atomic E-state index is 0.132. The fourth-order valence-electron chi connectivity index (χ4n) is 3.26. The first kappa shape index (κ1) is 18.7. The number of carboxylic acid groups (broad SMARTS) is 1. The number of carbonyl (C=O) groups excluding carboxylic acids is 1. The number of aromatic nitrogens is 2. The summed E-state index contributed by atoms with van der Waals surface area (Å²) in [6.07, 6.45) is -5.55. The number of hydrogen-bond acceptors (Lipinski definition) is 4. The van der Waals surface area contributed by atoms with Gasteiger partial charge in [0.25, 0.3) is 5.91 Å². The molecule has 1 amide bonds. The summed E-state index contributed by atoms with van der Waals surface area (Å²) in [5.74, 6) is -2.39. The minimum Gasteiger partial charge on any atom is -0.481 e. The standard InChI is InChI=1S/C16H18F3N3O3S/c1-8(2)11-9-6-10(26-13(9)21(3)20-11)12(23)22-5-4-15(7-22,14(24)25)16(17,18)19/h6,8H,4-5,7H2,1-3H3,(H,24,25). The lowest BCUT2D eigenvalue weighted by atomic mass is 9.86. The quantitative estimate of drug-likeness (QED) is 0.875. The average Bonchev–Trinajstić information content (AvgIpc) is 3.20. The van der Waals surface area contributed by atoms with Crippen LogP contribution in [0.2, 0.25) is 0 Å². The Morgan fingerprint density at radius 2 is 2.04 bits per heavy atom. The molecule has 1 aliphatic rings. The molecule has 3 rings (SSSR count). The molecule has 0 aromatic carbocycles. The van der Waals surface area contributed by atoms with E-state index in [2.05, 4.69) is 5.10 Å². The first-order valence-corrected chi connectivity index (χ1v) is 8.85. The molecule has 1 saturated heterocycles. The number of likely N-dealkylation sites (tertiary alicyclic amines) is 1. The van der Waals surface area contributed by atoms with Crippen molar-refractivity contribution in [3.8, 4) is 0 Å². The van der Waals surface area contributed by atoms with E-state index in [4.69, 9.17) is 5.11 Å². The molecule has 2 aromatic heterocycles. The summed E-state index contributed by atoms with van der Waals surface area (Å²) in [7, 11) is 1.74. The zero-order valence-corrected chi connectivity index (χ0v) is 15.2. The smallest absolute Gasteiger partial charge is 0.406 e. The number of amides is 1. The number of nitrogens with zero attached hydrogens (tertiary/aromatic N) is 3. The van der Waals surface area contributed by atoms with Crippen molar-refractivity contribution >= 4 is 33.4 Å². The van der Waals surface area contributed by atoms with E-state index in [1.807, 2.05) is 13.8 Å². The molecular formula is C16H18F3N3O3S. The summed E-state index contributed by atoms with van der Waals surface area (Å²) in [5.41, 5.74) is -2.08. The second kappa shape index (κ2) is 5.97. The fourth-order valence-corrected chi connectivity index (χ4v) is 4.31. The SMILES string of the molecule is CC(C)c1nn(C)c2sc(C(=O)N3CCC(C(=O)O)(C(F)(F)F)C3)cc12. The number of fused-ring (bicyclic) bond motifs is 1. The van der Waals surface area contributed by atoms with Crippen LogP contribution in [0.4, 0.5) is 13.2 Å². The topological polar surface area (TPSA) is 75.4 Å². The van der Waals surface area contributed by atoms with Gasteiger partial charge in [-0.2, -0.15) is 18.3 Å². The van der Waals surface area contributed by atoms with Crippen LogP contribution in [0.15, 0.2) is 6.07 Å². The number of alkyl halides is 3. The Morgan fingerprint density at radius 1 is 1.38 bits per heavy atom. The highest BCUT2D eigenvalue weighted by atomic mass is 32.1. The Morgan fingerprint density at radius 3 is 2.54 bits per heavy atom. The highest BCUT2D eigenvalue weighted by Gasteiger charge is 2.64. The van der Waals surface area contributed by atoms with Crippen LogP contribution in [0.3, 0.4) is 0 Å². The number of aliphatic carboxylic acids is 1. The Labute approximate surface area is 151 Å². The van der Waals surface area contributed by atoms with Crippen molar-refractivity contribution in [1.82, 2.24) is 14.7 Å². The van der Waals surface area contributed by atoms with E-state index in [-0.39, 0.29) is 12.5 Å². The van der Waals surface area contributed by atoms with Gasteiger partial charge in [0.05, 0.1) is 10.6 Å². The number of carboxylic acids is 1. The lowest BCUT2D eigenvalue weighted by Crippen LogP contribution is -2.47. The van der Waals surface area contributed by atoms with Crippen LogP contribution in [-0.4, -0.2) is 50.9 Å². The Kier molecular flexibility index (Phi) is 4.29. The molecule has 0 radical (unpaired) electrons. The van der Waals surface area contributed by atoms with Crippen LogP contribution in [0.1, 0.15) is 41.6 Å². The maximum atomic E-state index is 13.3. The third-order valence-corrected chi connectivity index (χ3v) is 6.00. The van der Waals surface area contributed by atoms with E-state index in [0.717, 1.165) is 32.1 Å². The summed E-state index contributed by atoms with van der Waals surface area (Å²) < 4.78 is 41.5. The number of rotatable bonds is 3. The van der Waals surface area contributed by atoms with Crippen molar-refractivity contribution in [3.63, 3.8) is 0 Å². The molecule has 10 heteroatoms. The maximum absolute atomic E-state index is 13.3. The molecule has 1 atom stereocenters. The summed E-state index contributed by atoms with van der Waals surface area (Å²) >= 11 is 1.15. The van der Waals surface area contributed by atoms with Crippen molar-refractivity contribution in [2.45, 2.75) is 32.4 Å². The van der Waals surface area contributed by atoms with Crippen LogP contribution in [-0.2, 0) is 11.8 Å². The highest BCUT2D eigenvalue weighted by Crippen LogP contribution is 2.46. The zero-order valence-electron chi connectivity index (χ0n) is 14.4. The minimum atomic E-state index is -4.91. The number of carbonyl (C=O) groups is 2. The summed E-state index contributed by atoms with van der Waals surface area (Å²) in [4.78, 5) is 26.0. The van der Waals surface area contributed by atoms with Crippen molar-refractivity contribution in [2.24, 2.45) is 12.5 Å². The zero-order chi connectivity index (χ0) is 19.4. The van der Waals surface area contributed by atoms with Gasteiger partial charge in [-0.25, -0.2) is 0 Å². The van der Waals surface area contributed by atoms with E-state index >= 15 is 0 Å². The van der Waals surface area contributed by atoms with Crippen LogP contribution >= 0.6 is 11.3 Å². The second-order valence-electron chi connectivity index (χ2n) is 6.85. The molecular weight excluding hydrogens is 371 g/mol. The third kappa shape index (κ3) is 2.67. The average molecular weight is 389 g/mol. The molecule has 0 saturated carbocycles. The molecule has 1 N–H and O–H groups in total. The highest BCUT2D eigenvalue weighted by molar-refractivity contribution is 7.20. The molecule has 0 spiro atoms. The number of aryl methyl sites for hydroxylation is 1. The van der Waals surface area contributed by atoms with Gasteiger partial charge in [-0.3, -0.25) is 14.3 Å². The van der Waals surface area contributed by atoms with Gasteiger partial charge in [0.2, 0.25) is 0 Å². The molecule has 6 nitrogen and oxygen atoms in total. The maximum Gasteiger partial charge on any atom is 0.406 e. The van der Waals surface area contributed by atoms with Gasteiger partial charge >= 0.3 is 12.1 Å². The van der Waals surface area contributed by atoms with Crippen LogP contribution < -0.4 is 0 Å². The summed E-state index contributed by atoms with van der Waals surface area (Å²) in [6, 6.07) is 1.64. The normalized spacial score (nSPS) is 21.1. The van der Waals surface area contributed by atoms with Gasteiger partial charge < -0.3 is 10.0 Å². The fraction of sp³-hybridized carbons (Fsp3) is 0.562.